The lowest BCUT2D eigenvalue weighted by atomic mass is 9.92. The Morgan fingerprint density at radius 1 is 1.11 bits per heavy atom. The third kappa shape index (κ3) is 8.94. The van der Waals surface area contributed by atoms with E-state index < -0.39 is 23.5 Å². The Bertz CT molecular complexity index is 1320. The highest BCUT2D eigenvalue weighted by Crippen LogP contribution is 2.37. The van der Waals surface area contributed by atoms with Crippen molar-refractivity contribution in [3.05, 3.63) is 52.8 Å². The monoisotopic (exact) mass is 614 g/mol. The Morgan fingerprint density at radius 3 is 2.45 bits per heavy atom. The highest BCUT2D eigenvalue weighted by Gasteiger charge is 2.35. The van der Waals surface area contributed by atoms with Gasteiger partial charge in [-0.05, 0) is 89.8 Å². The summed E-state index contributed by atoms with van der Waals surface area (Å²) < 4.78 is 32.1. The molecular weight excluding hydrogens is 567 g/mol. The number of methoxy groups -OCH3 is 1. The molecule has 242 valence electrons. The molecule has 2 aromatic rings. The van der Waals surface area contributed by atoms with E-state index in [9.17, 15) is 19.5 Å². The molecule has 1 aliphatic rings. The number of nitrogens with zero attached hydrogens (tertiary/aromatic N) is 2. The first-order valence-corrected chi connectivity index (χ1v) is 15.4. The highest BCUT2D eigenvalue weighted by atomic mass is 19.1. The number of rotatable bonds is 12. The molecule has 1 aliphatic heterocycles. The number of carboxylic acids is 1. The van der Waals surface area contributed by atoms with Gasteiger partial charge in [-0.1, -0.05) is 13.3 Å². The molecule has 0 radical (unpaired) electrons. The van der Waals surface area contributed by atoms with E-state index in [1.165, 1.54) is 12.1 Å². The smallest absolute Gasteiger partial charge is 0.410 e. The van der Waals surface area contributed by atoms with E-state index in [0.29, 0.717) is 49.2 Å². The zero-order valence-electron chi connectivity index (χ0n) is 27.1. The molecule has 2 aromatic carbocycles. The van der Waals surface area contributed by atoms with Crippen molar-refractivity contribution in [2.45, 2.75) is 91.3 Å². The number of aromatic carboxylic acids is 1. The van der Waals surface area contributed by atoms with Gasteiger partial charge in [0.15, 0.2) is 0 Å². The van der Waals surface area contributed by atoms with E-state index >= 15 is 4.39 Å². The number of piperidine rings is 1. The Labute approximate surface area is 260 Å². The average molecular weight is 615 g/mol. The first kappa shape index (κ1) is 34.8. The molecule has 1 N–H and O–H groups in total. The Kier molecular flexibility index (Phi) is 12.2. The molecule has 3 rings (SSSR count). The van der Waals surface area contributed by atoms with Crippen LogP contribution in [0.4, 0.5) is 9.18 Å². The number of carboxylic acid groups (broad SMARTS) is 1. The average Bonchev–Trinajstić information content (AvgIpc) is 2.95. The van der Waals surface area contributed by atoms with Gasteiger partial charge >= 0.3 is 12.1 Å². The van der Waals surface area contributed by atoms with Gasteiger partial charge in [-0.15, -0.1) is 0 Å². The van der Waals surface area contributed by atoms with Crippen LogP contribution >= 0.6 is 0 Å². The van der Waals surface area contributed by atoms with Crippen molar-refractivity contribution in [3.63, 3.8) is 0 Å². The quantitative estimate of drug-likeness (QED) is 0.262. The normalized spacial score (nSPS) is 15.3. The number of hydrogen-bond acceptors (Lipinski definition) is 6. The third-order valence-corrected chi connectivity index (χ3v) is 7.44. The number of halogens is 1. The SMILES string of the molecule is CCCc1cc(-c2cc(C(=O)O)ccc2F)c(OCCCOC)cc1C(=O)N(C(C)C)[C@@H]1CCCN(C(=O)OC(C)(C)C)C1. The standard InChI is InChI=1S/C34H47FN2O7/c1-8-11-23-18-28(27-19-24(32(39)40)13-14-29(27)35)30(43-17-10-16-42-7)20-26(23)31(38)37(22(2)3)25-12-9-15-36(21-25)33(41)44-34(4,5)6/h13-14,18-20,22,25H,8-12,15-17,21H2,1-7H3,(H,39,40)/t25-/m1/s1. The molecular formula is C34H47FN2O7. The van der Waals surface area contributed by atoms with Gasteiger partial charge in [0.2, 0.25) is 0 Å². The minimum atomic E-state index is -1.17. The van der Waals surface area contributed by atoms with Crippen LogP contribution in [-0.2, 0) is 15.9 Å². The summed E-state index contributed by atoms with van der Waals surface area (Å²) in [7, 11) is 1.59. The fourth-order valence-corrected chi connectivity index (χ4v) is 5.52. The van der Waals surface area contributed by atoms with Crippen LogP contribution in [0.15, 0.2) is 30.3 Å². The van der Waals surface area contributed by atoms with Crippen molar-refractivity contribution in [1.29, 1.82) is 0 Å². The second kappa shape index (κ2) is 15.4. The van der Waals surface area contributed by atoms with E-state index in [2.05, 4.69) is 0 Å². The molecule has 2 amide bonds. The van der Waals surface area contributed by atoms with Crippen LogP contribution in [0.5, 0.6) is 5.75 Å². The predicted molar refractivity (Wildman–Crippen MR) is 167 cm³/mol. The zero-order valence-corrected chi connectivity index (χ0v) is 27.1. The van der Waals surface area contributed by atoms with Crippen LogP contribution in [0.1, 0.15) is 93.5 Å². The zero-order chi connectivity index (χ0) is 32.6. The summed E-state index contributed by atoms with van der Waals surface area (Å²) in [5.74, 6) is -1.68. The number of likely N-dealkylation sites (tertiary alicyclic amines) is 1. The summed E-state index contributed by atoms with van der Waals surface area (Å²) in [4.78, 5) is 42.5. The molecule has 0 unspecified atom stereocenters. The number of benzene rings is 2. The van der Waals surface area contributed by atoms with Crippen LogP contribution in [0.2, 0.25) is 0 Å². The molecule has 0 aliphatic carbocycles. The Balaban J connectivity index is 2.08. The molecule has 0 saturated carbocycles. The molecule has 1 atom stereocenters. The van der Waals surface area contributed by atoms with Crippen LogP contribution in [0.3, 0.4) is 0 Å². The van der Waals surface area contributed by atoms with Gasteiger partial charge in [-0.25, -0.2) is 14.0 Å². The second-order valence-corrected chi connectivity index (χ2v) is 12.5. The summed E-state index contributed by atoms with van der Waals surface area (Å²) in [5.41, 5.74) is 0.938. The molecule has 1 saturated heterocycles. The van der Waals surface area contributed by atoms with Gasteiger partial charge in [0.05, 0.1) is 18.2 Å². The topological polar surface area (TPSA) is 106 Å². The van der Waals surface area contributed by atoms with Gasteiger partial charge in [0.25, 0.3) is 5.91 Å². The summed E-state index contributed by atoms with van der Waals surface area (Å²) in [5, 5.41) is 9.57. The maximum atomic E-state index is 15.2. The number of carbonyl (C=O) groups is 3. The molecule has 0 spiro atoms. The van der Waals surface area contributed by atoms with Crippen LogP contribution in [0.25, 0.3) is 11.1 Å². The van der Waals surface area contributed by atoms with E-state index in [-0.39, 0.29) is 41.5 Å². The number of amides is 2. The van der Waals surface area contributed by atoms with Gasteiger partial charge in [-0.3, -0.25) is 4.79 Å². The molecule has 1 heterocycles. The molecule has 0 aromatic heterocycles. The van der Waals surface area contributed by atoms with Crippen molar-refractivity contribution in [3.8, 4) is 16.9 Å². The summed E-state index contributed by atoms with van der Waals surface area (Å²) >= 11 is 0. The molecule has 9 nitrogen and oxygen atoms in total. The minimum Gasteiger partial charge on any atom is -0.493 e. The van der Waals surface area contributed by atoms with Gasteiger partial charge < -0.3 is 29.1 Å². The van der Waals surface area contributed by atoms with Gasteiger partial charge in [0.1, 0.15) is 17.2 Å². The predicted octanol–water partition coefficient (Wildman–Crippen LogP) is 6.81. The molecule has 0 bridgehead atoms. The van der Waals surface area contributed by atoms with E-state index in [4.69, 9.17) is 14.2 Å². The lowest BCUT2D eigenvalue weighted by Gasteiger charge is -2.42. The fourth-order valence-electron chi connectivity index (χ4n) is 5.52. The van der Waals surface area contributed by atoms with E-state index in [1.54, 1.807) is 24.1 Å². The molecule has 1 fully saturated rings. The highest BCUT2D eigenvalue weighted by molar-refractivity contribution is 5.98. The van der Waals surface area contributed by atoms with Crippen LogP contribution in [-0.4, -0.2) is 84.0 Å². The summed E-state index contributed by atoms with van der Waals surface area (Å²) in [6.07, 6.45) is 2.90. The van der Waals surface area contributed by atoms with Crippen LogP contribution < -0.4 is 4.74 Å². The lowest BCUT2D eigenvalue weighted by Crippen LogP contribution is -2.54. The van der Waals surface area contributed by atoms with Gasteiger partial charge in [-0.2, -0.15) is 0 Å². The van der Waals surface area contributed by atoms with E-state index in [0.717, 1.165) is 25.3 Å². The van der Waals surface area contributed by atoms with Gasteiger partial charge in [0, 0.05) is 56.0 Å². The molecule has 10 heteroatoms. The first-order chi connectivity index (χ1) is 20.8. The van der Waals surface area contributed by atoms with Crippen molar-refractivity contribution >= 4 is 18.0 Å². The van der Waals surface area contributed by atoms with Crippen LogP contribution in [0, 0.1) is 5.82 Å². The molecule has 44 heavy (non-hydrogen) atoms. The Hall–Kier alpha value is -3.66. The second-order valence-electron chi connectivity index (χ2n) is 12.5. The maximum Gasteiger partial charge on any atom is 0.410 e. The lowest BCUT2D eigenvalue weighted by molar-refractivity contribution is 0.00749. The fraction of sp³-hybridized carbons (Fsp3) is 0.559. The van der Waals surface area contributed by atoms with Crippen molar-refractivity contribution < 1.29 is 38.1 Å². The Morgan fingerprint density at radius 2 is 1.84 bits per heavy atom. The number of carbonyl (C=O) groups excluding carboxylic acids is 2. The number of aryl methyl sites for hydroxylation is 1. The number of hydrogen-bond donors (Lipinski definition) is 1. The van der Waals surface area contributed by atoms with Crippen molar-refractivity contribution in [2.24, 2.45) is 0 Å². The third-order valence-electron chi connectivity index (χ3n) is 7.44. The minimum absolute atomic E-state index is 0.0539. The maximum absolute atomic E-state index is 15.2. The van der Waals surface area contributed by atoms with Crippen molar-refractivity contribution in [2.75, 3.05) is 33.4 Å². The number of ether oxygens (including phenoxy) is 3. The first-order valence-electron chi connectivity index (χ1n) is 15.4. The van der Waals surface area contributed by atoms with E-state index in [1.807, 2.05) is 46.4 Å². The summed E-state index contributed by atoms with van der Waals surface area (Å²) in [6, 6.07) is 6.65. The largest absolute Gasteiger partial charge is 0.493 e. The van der Waals surface area contributed by atoms with Crippen molar-refractivity contribution in [1.82, 2.24) is 9.80 Å². The summed E-state index contributed by atoms with van der Waals surface area (Å²) in [6.45, 7) is 13.0.